The van der Waals surface area contributed by atoms with Crippen molar-refractivity contribution in [2.24, 2.45) is 0 Å². The molecular formula is C31H35N5O5S. The Labute approximate surface area is 248 Å². The average Bonchev–Trinajstić information content (AvgIpc) is 3.64. The summed E-state index contributed by atoms with van der Waals surface area (Å²) in [5.74, 6) is -0.782. The number of nitrogens with zero attached hydrogens (tertiary/aromatic N) is 4. The number of hydrogen-bond donors (Lipinski definition) is 1. The largest absolute Gasteiger partial charge is 0.461 e. The first-order valence-corrected chi connectivity index (χ1v) is 14.9. The van der Waals surface area contributed by atoms with Crippen molar-refractivity contribution < 1.29 is 23.9 Å². The van der Waals surface area contributed by atoms with E-state index in [2.05, 4.69) is 10.2 Å². The molecule has 1 aliphatic rings. The molecule has 0 spiro atoms. The van der Waals surface area contributed by atoms with Crippen molar-refractivity contribution in [1.29, 1.82) is 0 Å². The Morgan fingerprint density at radius 1 is 1.02 bits per heavy atom. The Balaban J connectivity index is 1.25. The number of anilines is 1. The van der Waals surface area contributed by atoms with Crippen LogP contribution in [0.3, 0.4) is 0 Å². The van der Waals surface area contributed by atoms with Gasteiger partial charge in [0.2, 0.25) is 0 Å². The van der Waals surface area contributed by atoms with Gasteiger partial charge in [0.25, 0.3) is 5.91 Å². The summed E-state index contributed by atoms with van der Waals surface area (Å²) in [6.07, 6.45) is 1.44. The maximum atomic E-state index is 13.3. The lowest BCUT2D eigenvalue weighted by Crippen LogP contribution is -2.50. The van der Waals surface area contributed by atoms with Crippen LogP contribution in [0.4, 0.5) is 10.5 Å². The van der Waals surface area contributed by atoms with E-state index in [-0.39, 0.29) is 18.6 Å². The van der Waals surface area contributed by atoms with Crippen molar-refractivity contribution in [3.63, 3.8) is 0 Å². The topological polar surface area (TPSA) is 105 Å². The average molecular weight is 590 g/mol. The number of hydrogen-bond acceptors (Lipinski definition) is 8. The van der Waals surface area contributed by atoms with E-state index in [0.717, 1.165) is 16.8 Å². The van der Waals surface area contributed by atoms with Gasteiger partial charge in [-0.25, -0.2) is 14.6 Å². The number of carbonyl (C=O) groups is 3. The second-order valence-electron chi connectivity index (χ2n) is 11.0. The number of ether oxygens (including phenoxy) is 2. The monoisotopic (exact) mass is 589 g/mol. The van der Waals surface area contributed by atoms with Crippen LogP contribution in [-0.4, -0.2) is 70.6 Å². The third-order valence-electron chi connectivity index (χ3n) is 6.84. The lowest BCUT2D eigenvalue weighted by Gasteiger charge is -2.36. The number of esters is 1. The number of amides is 2. The number of fused-ring (bicyclic) bond motifs is 1. The molecule has 4 heterocycles. The highest BCUT2D eigenvalue weighted by molar-refractivity contribution is 7.08. The van der Waals surface area contributed by atoms with Gasteiger partial charge in [-0.1, -0.05) is 12.1 Å². The van der Waals surface area contributed by atoms with Gasteiger partial charge in [-0.05, 0) is 69.0 Å². The fraction of sp³-hybridized carbons (Fsp3) is 0.355. The Morgan fingerprint density at radius 3 is 2.40 bits per heavy atom. The molecule has 5 rings (SSSR count). The van der Waals surface area contributed by atoms with E-state index in [1.807, 2.05) is 61.9 Å². The molecule has 42 heavy (non-hydrogen) atoms. The number of thiophene rings is 1. The highest BCUT2D eigenvalue weighted by atomic mass is 32.1. The van der Waals surface area contributed by atoms with Gasteiger partial charge < -0.3 is 24.6 Å². The van der Waals surface area contributed by atoms with Crippen molar-refractivity contribution in [1.82, 2.24) is 19.6 Å². The molecule has 1 fully saturated rings. The lowest BCUT2D eigenvalue weighted by molar-refractivity contribution is 0.0240. The summed E-state index contributed by atoms with van der Waals surface area (Å²) in [6, 6.07) is 13.3. The standard InChI is InChI=1S/C31H35N5O5S/c1-5-40-29(38)26-25(22-12-18-42-20-22)33-27-24(7-6-13-36(26)27)28(37)32-19-21-8-10-23(11-9-21)34-14-16-35(17-15-34)30(39)41-31(2,3)4/h6-13,18,20H,5,14-17,19H2,1-4H3,(H,32,37). The van der Waals surface area contributed by atoms with E-state index in [1.165, 1.54) is 11.3 Å². The number of benzene rings is 1. The third-order valence-corrected chi connectivity index (χ3v) is 7.53. The van der Waals surface area contributed by atoms with Crippen LogP contribution in [0.5, 0.6) is 0 Å². The summed E-state index contributed by atoms with van der Waals surface area (Å²) < 4.78 is 12.4. The molecule has 0 unspecified atom stereocenters. The van der Waals surface area contributed by atoms with Crippen LogP contribution in [0.15, 0.2) is 59.4 Å². The molecule has 1 aliphatic heterocycles. The molecule has 2 amide bonds. The third kappa shape index (κ3) is 6.41. The van der Waals surface area contributed by atoms with Gasteiger partial charge in [0.1, 0.15) is 11.3 Å². The Hall–Kier alpha value is -4.38. The van der Waals surface area contributed by atoms with Crippen LogP contribution < -0.4 is 10.2 Å². The molecule has 1 aromatic carbocycles. The van der Waals surface area contributed by atoms with Crippen LogP contribution in [0.2, 0.25) is 0 Å². The molecule has 220 valence electrons. The van der Waals surface area contributed by atoms with Gasteiger partial charge in [0.05, 0.1) is 12.2 Å². The maximum Gasteiger partial charge on any atom is 0.410 e. The zero-order valence-electron chi connectivity index (χ0n) is 24.3. The van der Waals surface area contributed by atoms with Gasteiger partial charge in [0, 0.05) is 55.6 Å². The highest BCUT2D eigenvalue weighted by Gasteiger charge is 2.27. The second kappa shape index (κ2) is 12.2. The lowest BCUT2D eigenvalue weighted by atomic mass is 10.1. The van der Waals surface area contributed by atoms with E-state index >= 15 is 0 Å². The molecule has 0 atom stereocenters. The van der Waals surface area contributed by atoms with E-state index in [9.17, 15) is 14.4 Å². The summed E-state index contributed by atoms with van der Waals surface area (Å²) in [7, 11) is 0. The summed E-state index contributed by atoms with van der Waals surface area (Å²) in [5.41, 5.74) is 3.82. The van der Waals surface area contributed by atoms with Crippen LogP contribution in [0.1, 0.15) is 54.1 Å². The Morgan fingerprint density at radius 2 is 1.76 bits per heavy atom. The predicted molar refractivity (Wildman–Crippen MR) is 162 cm³/mol. The van der Waals surface area contributed by atoms with Gasteiger partial charge in [-0.2, -0.15) is 11.3 Å². The van der Waals surface area contributed by atoms with Crippen molar-refractivity contribution in [3.05, 3.63) is 76.2 Å². The normalized spacial score (nSPS) is 13.7. The van der Waals surface area contributed by atoms with Gasteiger partial charge in [-0.3, -0.25) is 9.20 Å². The summed E-state index contributed by atoms with van der Waals surface area (Å²) in [4.78, 5) is 47.2. The van der Waals surface area contributed by atoms with Gasteiger partial charge in [-0.15, -0.1) is 0 Å². The highest BCUT2D eigenvalue weighted by Crippen LogP contribution is 2.28. The SMILES string of the molecule is CCOC(=O)c1c(-c2ccsc2)nc2c(C(=O)NCc3ccc(N4CCN(C(=O)OC(C)(C)C)CC4)cc3)cccn12. The fourth-order valence-electron chi connectivity index (χ4n) is 4.82. The predicted octanol–water partition coefficient (Wildman–Crippen LogP) is 5.23. The van der Waals surface area contributed by atoms with E-state index < -0.39 is 11.6 Å². The number of rotatable bonds is 7. The van der Waals surface area contributed by atoms with Crippen LogP contribution in [0, 0.1) is 0 Å². The molecule has 11 heteroatoms. The first-order valence-electron chi connectivity index (χ1n) is 14.0. The molecule has 3 aromatic heterocycles. The minimum Gasteiger partial charge on any atom is -0.461 e. The molecule has 4 aromatic rings. The maximum absolute atomic E-state index is 13.3. The van der Waals surface area contributed by atoms with Crippen LogP contribution >= 0.6 is 11.3 Å². The van der Waals surface area contributed by atoms with Gasteiger partial charge in [0.15, 0.2) is 11.3 Å². The van der Waals surface area contributed by atoms with Crippen LogP contribution in [-0.2, 0) is 16.0 Å². The van der Waals surface area contributed by atoms with E-state index in [1.54, 1.807) is 34.6 Å². The van der Waals surface area contributed by atoms with Crippen molar-refractivity contribution in [2.75, 3.05) is 37.7 Å². The number of imidazole rings is 1. The zero-order chi connectivity index (χ0) is 29.9. The first kappa shape index (κ1) is 29.1. The zero-order valence-corrected chi connectivity index (χ0v) is 25.1. The smallest absolute Gasteiger partial charge is 0.410 e. The summed E-state index contributed by atoms with van der Waals surface area (Å²) in [6.45, 7) is 10.5. The van der Waals surface area contributed by atoms with Gasteiger partial charge >= 0.3 is 12.1 Å². The van der Waals surface area contributed by atoms with Crippen molar-refractivity contribution in [2.45, 2.75) is 39.8 Å². The van der Waals surface area contributed by atoms with Crippen molar-refractivity contribution in [3.8, 4) is 11.3 Å². The number of nitrogens with one attached hydrogen (secondary N) is 1. The summed E-state index contributed by atoms with van der Waals surface area (Å²) >= 11 is 1.50. The number of pyridine rings is 1. The molecule has 0 saturated carbocycles. The second-order valence-corrected chi connectivity index (χ2v) is 11.7. The molecule has 1 saturated heterocycles. The Kier molecular flexibility index (Phi) is 8.49. The minimum absolute atomic E-state index is 0.233. The molecular weight excluding hydrogens is 554 g/mol. The molecule has 1 N–H and O–H groups in total. The summed E-state index contributed by atoms with van der Waals surface area (Å²) in [5, 5.41) is 6.81. The van der Waals surface area contributed by atoms with E-state index in [0.29, 0.717) is 55.3 Å². The number of carbonyl (C=O) groups excluding carboxylic acids is 3. The number of aromatic nitrogens is 2. The fourth-order valence-corrected chi connectivity index (χ4v) is 5.46. The van der Waals surface area contributed by atoms with Crippen LogP contribution in [0.25, 0.3) is 16.9 Å². The molecule has 10 nitrogen and oxygen atoms in total. The molecule has 0 bridgehead atoms. The Bertz CT molecular complexity index is 1570. The number of piperazine rings is 1. The first-order chi connectivity index (χ1) is 20.1. The van der Waals surface area contributed by atoms with E-state index in [4.69, 9.17) is 14.5 Å². The molecule has 0 radical (unpaired) electrons. The molecule has 0 aliphatic carbocycles. The van der Waals surface area contributed by atoms with Crippen molar-refractivity contribution >= 4 is 40.6 Å². The minimum atomic E-state index is -0.511. The quantitative estimate of drug-likeness (QED) is 0.295.